The normalized spacial score (nSPS) is 12.3. The summed E-state index contributed by atoms with van der Waals surface area (Å²) in [5, 5.41) is 2.38. The third kappa shape index (κ3) is 15.7. The smallest absolute Gasteiger partial charge is 0.127 e. The van der Waals surface area contributed by atoms with Gasteiger partial charge in [0.2, 0.25) is 0 Å². The van der Waals surface area contributed by atoms with Gasteiger partial charge in [0.05, 0.1) is 33.0 Å². The van der Waals surface area contributed by atoms with Crippen molar-refractivity contribution in [2.75, 3.05) is 39.6 Å². The average molecular weight is 529 g/mol. The first-order valence-corrected chi connectivity index (χ1v) is 15.7. The Morgan fingerprint density at radius 2 is 1.11 bits per heavy atom. The van der Waals surface area contributed by atoms with Crippen LogP contribution < -0.4 is 4.74 Å². The van der Waals surface area contributed by atoms with Gasteiger partial charge in [0, 0.05) is 12.0 Å². The third-order valence-corrected chi connectivity index (χ3v) is 7.17. The zero-order chi connectivity index (χ0) is 26.9. The fourth-order valence-corrected chi connectivity index (χ4v) is 4.92. The predicted octanol–water partition coefficient (Wildman–Crippen LogP) is 9.53. The van der Waals surface area contributed by atoms with Gasteiger partial charge < -0.3 is 18.9 Å². The Bertz CT molecular complexity index is 788. The van der Waals surface area contributed by atoms with E-state index < -0.39 is 0 Å². The van der Waals surface area contributed by atoms with Gasteiger partial charge in [-0.05, 0) is 31.2 Å². The maximum Gasteiger partial charge on any atom is 0.127 e. The van der Waals surface area contributed by atoms with Crippen molar-refractivity contribution in [2.45, 2.75) is 116 Å². The number of hydrogen-bond acceptors (Lipinski definition) is 4. The molecule has 0 aromatic heterocycles. The lowest BCUT2D eigenvalue weighted by atomic mass is 10.0. The molecular weight excluding hydrogens is 472 g/mol. The first kappa shape index (κ1) is 32.6. The van der Waals surface area contributed by atoms with Crippen LogP contribution in [-0.4, -0.2) is 45.7 Å². The summed E-state index contributed by atoms with van der Waals surface area (Å²) in [6.45, 7) is 8.04. The molecule has 216 valence electrons. The minimum absolute atomic E-state index is 0.0570. The van der Waals surface area contributed by atoms with Gasteiger partial charge in [0.15, 0.2) is 0 Å². The zero-order valence-corrected chi connectivity index (χ0v) is 24.6. The third-order valence-electron chi connectivity index (χ3n) is 7.17. The van der Waals surface area contributed by atoms with E-state index in [4.69, 9.17) is 18.9 Å². The van der Waals surface area contributed by atoms with E-state index in [0.29, 0.717) is 33.0 Å². The van der Waals surface area contributed by atoms with Gasteiger partial charge in [-0.3, -0.25) is 0 Å². The number of benzene rings is 2. The van der Waals surface area contributed by atoms with Gasteiger partial charge >= 0.3 is 0 Å². The Morgan fingerprint density at radius 1 is 0.553 bits per heavy atom. The first-order valence-electron chi connectivity index (χ1n) is 15.7. The molecule has 0 N–H and O–H groups in total. The van der Waals surface area contributed by atoms with E-state index in [2.05, 4.69) is 49.4 Å². The van der Waals surface area contributed by atoms with Crippen molar-refractivity contribution in [3.05, 3.63) is 42.5 Å². The lowest BCUT2D eigenvalue weighted by Gasteiger charge is -2.20. The summed E-state index contributed by atoms with van der Waals surface area (Å²) in [4.78, 5) is 0. The van der Waals surface area contributed by atoms with Crippen molar-refractivity contribution in [3.63, 3.8) is 0 Å². The number of ether oxygens (including phenoxy) is 4. The van der Waals surface area contributed by atoms with Crippen LogP contribution in [0.1, 0.15) is 110 Å². The molecule has 0 heterocycles. The van der Waals surface area contributed by atoms with Crippen LogP contribution in [0.15, 0.2) is 42.5 Å². The highest BCUT2D eigenvalue weighted by Gasteiger charge is 2.13. The largest absolute Gasteiger partial charge is 0.487 e. The molecule has 0 amide bonds. The monoisotopic (exact) mass is 528 g/mol. The quantitative estimate of drug-likeness (QED) is 0.114. The summed E-state index contributed by atoms with van der Waals surface area (Å²) in [6.07, 6.45) is 20.3. The Kier molecular flexibility index (Phi) is 20.0. The standard InChI is InChI=1S/C34H56O4/c1-3-5-6-7-8-9-10-11-12-13-14-15-16-17-23-32(30-37-29-28-36-27-26-35-4-2)38-34-25-20-22-31-21-18-19-24-33(31)34/h18-22,24-25,32H,3-17,23,26-30H2,1-2H3. The van der Waals surface area contributed by atoms with Gasteiger partial charge in [0.25, 0.3) is 0 Å². The molecule has 0 saturated heterocycles. The number of rotatable bonds is 26. The van der Waals surface area contributed by atoms with Crippen LogP contribution in [0.4, 0.5) is 0 Å². The predicted molar refractivity (Wildman–Crippen MR) is 161 cm³/mol. The molecule has 4 nitrogen and oxygen atoms in total. The van der Waals surface area contributed by atoms with Crippen LogP contribution in [0.5, 0.6) is 5.75 Å². The minimum Gasteiger partial charge on any atom is -0.487 e. The highest BCUT2D eigenvalue weighted by Crippen LogP contribution is 2.27. The van der Waals surface area contributed by atoms with Crippen LogP contribution in [0, 0.1) is 0 Å². The first-order chi connectivity index (χ1) is 18.8. The molecule has 1 atom stereocenters. The van der Waals surface area contributed by atoms with Crippen LogP contribution in [0.3, 0.4) is 0 Å². The van der Waals surface area contributed by atoms with E-state index in [1.807, 2.05) is 6.92 Å². The molecule has 4 heteroatoms. The van der Waals surface area contributed by atoms with Crippen molar-refractivity contribution in [3.8, 4) is 5.75 Å². The Morgan fingerprint density at radius 3 is 1.76 bits per heavy atom. The van der Waals surface area contributed by atoms with E-state index in [9.17, 15) is 0 Å². The molecule has 0 bridgehead atoms. The van der Waals surface area contributed by atoms with Crippen LogP contribution >= 0.6 is 0 Å². The van der Waals surface area contributed by atoms with Crippen LogP contribution in [-0.2, 0) is 14.2 Å². The summed E-state index contributed by atoms with van der Waals surface area (Å²) in [5.74, 6) is 0.954. The number of unbranched alkanes of at least 4 members (excludes halogenated alkanes) is 13. The maximum absolute atomic E-state index is 6.52. The SMILES string of the molecule is CCCCCCCCCCCCCCCCC(COCCOCCOCC)Oc1cccc2ccccc12. The van der Waals surface area contributed by atoms with Crippen molar-refractivity contribution < 1.29 is 18.9 Å². The summed E-state index contributed by atoms with van der Waals surface area (Å²) in [5.41, 5.74) is 0. The molecule has 1 unspecified atom stereocenters. The molecule has 0 aliphatic heterocycles. The molecule has 38 heavy (non-hydrogen) atoms. The molecule has 0 saturated carbocycles. The second-order valence-corrected chi connectivity index (χ2v) is 10.5. The highest BCUT2D eigenvalue weighted by molar-refractivity contribution is 5.88. The van der Waals surface area contributed by atoms with Crippen molar-refractivity contribution in [2.24, 2.45) is 0 Å². The summed E-state index contributed by atoms with van der Waals surface area (Å²) in [6, 6.07) is 14.7. The minimum atomic E-state index is 0.0570. The van der Waals surface area contributed by atoms with E-state index in [1.165, 1.54) is 101 Å². The van der Waals surface area contributed by atoms with Gasteiger partial charge in [-0.2, -0.15) is 0 Å². The molecule has 0 fully saturated rings. The number of fused-ring (bicyclic) bond motifs is 1. The van der Waals surface area contributed by atoms with Gasteiger partial charge in [0.1, 0.15) is 11.9 Å². The molecule has 2 rings (SSSR count). The average Bonchev–Trinajstić information content (AvgIpc) is 2.94. The molecule has 0 radical (unpaired) electrons. The van der Waals surface area contributed by atoms with E-state index in [0.717, 1.165) is 18.8 Å². The lowest BCUT2D eigenvalue weighted by molar-refractivity contribution is -0.00489. The van der Waals surface area contributed by atoms with Crippen LogP contribution in [0.25, 0.3) is 10.8 Å². The molecule has 2 aromatic carbocycles. The number of hydrogen-bond donors (Lipinski definition) is 0. The summed E-state index contributed by atoms with van der Waals surface area (Å²) >= 11 is 0. The Labute approximate surface area is 233 Å². The molecular formula is C34H56O4. The second-order valence-electron chi connectivity index (χ2n) is 10.5. The fourth-order valence-electron chi connectivity index (χ4n) is 4.92. The summed E-state index contributed by atoms with van der Waals surface area (Å²) in [7, 11) is 0. The zero-order valence-electron chi connectivity index (χ0n) is 24.6. The van der Waals surface area contributed by atoms with E-state index in [-0.39, 0.29) is 6.10 Å². The topological polar surface area (TPSA) is 36.9 Å². The molecule has 0 aliphatic carbocycles. The fraction of sp³-hybridized carbons (Fsp3) is 0.706. The highest BCUT2D eigenvalue weighted by atomic mass is 16.6. The van der Waals surface area contributed by atoms with E-state index >= 15 is 0 Å². The van der Waals surface area contributed by atoms with E-state index in [1.54, 1.807) is 0 Å². The van der Waals surface area contributed by atoms with Gasteiger partial charge in [-0.1, -0.05) is 127 Å². The van der Waals surface area contributed by atoms with Crippen LogP contribution in [0.2, 0.25) is 0 Å². The van der Waals surface area contributed by atoms with Gasteiger partial charge in [-0.25, -0.2) is 0 Å². The van der Waals surface area contributed by atoms with Crippen molar-refractivity contribution in [1.29, 1.82) is 0 Å². The second kappa shape index (κ2) is 23.3. The Hall–Kier alpha value is -1.62. The van der Waals surface area contributed by atoms with Gasteiger partial charge in [-0.15, -0.1) is 0 Å². The molecule has 0 aliphatic rings. The summed E-state index contributed by atoms with van der Waals surface area (Å²) < 4.78 is 23.4. The lowest BCUT2D eigenvalue weighted by Crippen LogP contribution is -2.24. The molecule has 2 aromatic rings. The Balaban J connectivity index is 1.62. The maximum atomic E-state index is 6.52. The van der Waals surface area contributed by atoms with Crippen molar-refractivity contribution >= 4 is 10.8 Å². The van der Waals surface area contributed by atoms with Crippen molar-refractivity contribution in [1.82, 2.24) is 0 Å². The molecule has 0 spiro atoms.